The predicted octanol–water partition coefficient (Wildman–Crippen LogP) is 0.839. The van der Waals surface area contributed by atoms with Crippen LogP contribution in [0, 0.1) is 0 Å². The van der Waals surface area contributed by atoms with E-state index in [1.807, 2.05) is 0 Å². The van der Waals surface area contributed by atoms with E-state index in [1.54, 1.807) is 6.92 Å². The van der Waals surface area contributed by atoms with Crippen molar-refractivity contribution in [2.75, 3.05) is 0 Å². The number of carboxylic acid groups (broad SMARTS) is 1. The lowest BCUT2D eigenvalue weighted by atomic mass is 10.0. The molecule has 2 unspecified atom stereocenters. The number of alkyl halides is 1. The van der Waals surface area contributed by atoms with E-state index in [0.717, 1.165) is 0 Å². The van der Waals surface area contributed by atoms with Crippen LogP contribution in [0.2, 0.25) is 0 Å². The van der Waals surface area contributed by atoms with Gasteiger partial charge in [0.05, 0.1) is 6.10 Å². The van der Waals surface area contributed by atoms with Gasteiger partial charge >= 0.3 is 5.97 Å². The summed E-state index contributed by atoms with van der Waals surface area (Å²) >= 11 is 5.54. The van der Waals surface area contributed by atoms with Gasteiger partial charge in [0.2, 0.25) is 0 Å². The molecule has 0 amide bonds. The number of aliphatic hydroxyl groups excluding tert-OH is 1. The molecule has 0 aliphatic carbocycles. The summed E-state index contributed by atoms with van der Waals surface area (Å²) in [4.78, 5) is 8.89. The maximum absolute atomic E-state index is 10.4. The van der Waals surface area contributed by atoms with E-state index >= 15 is 0 Å². The first-order chi connectivity index (χ1) is 4.45. The van der Waals surface area contributed by atoms with Crippen molar-refractivity contribution in [3.8, 4) is 0 Å². The highest BCUT2D eigenvalue weighted by Crippen LogP contribution is 2.24. The molecule has 0 aliphatic rings. The Balaban J connectivity index is 4.38. The summed E-state index contributed by atoms with van der Waals surface area (Å²) in [5, 5.41) is 17.4. The SMILES string of the molecule is CCC(Cl)(C(=O)O)C(C)O. The predicted molar refractivity (Wildman–Crippen MR) is 38.2 cm³/mol. The Labute approximate surface area is 64.6 Å². The van der Waals surface area contributed by atoms with E-state index in [4.69, 9.17) is 21.8 Å². The first kappa shape index (κ1) is 9.72. The van der Waals surface area contributed by atoms with Crippen LogP contribution in [0.25, 0.3) is 0 Å². The molecule has 0 bridgehead atoms. The Hall–Kier alpha value is -0.280. The van der Waals surface area contributed by atoms with E-state index in [0.29, 0.717) is 0 Å². The maximum Gasteiger partial charge on any atom is 0.327 e. The number of aliphatic hydroxyl groups is 1. The van der Waals surface area contributed by atoms with Crippen molar-refractivity contribution in [3.63, 3.8) is 0 Å². The molecule has 0 radical (unpaired) electrons. The van der Waals surface area contributed by atoms with Gasteiger partial charge in [0.1, 0.15) is 0 Å². The highest BCUT2D eigenvalue weighted by Gasteiger charge is 2.39. The molecule has 0 saturated heterocycles. The van der Waals surface area contributed by atoms with Gasteiger partial charge in [-0.1, -0.05) is 6.92 Å². The molecule has 0 rings (SSSR count). The molecule has 0 aromatic heterocycles. The lowest BCUT2D eigenvalue weighted by Gasteiger charge is -2.22. The Morgan fingerprint density at radius 3 is 2.20 bits per heavy atom. The largest absolute Gasteiger partial charge is 0.480 e. The standard InChI is InChI=1S/C6H11ClO3/c1-3-6(7,4(2)8)5(9)10/h4,8H,3H2,1-2H3,(H,9,10). The number of hydrogen-bond acceptors (Lipinski definition) is 2. The van der Waals surface area contributed by atoms with Crippen LogP contribution < -0.4 is 0 Å². The molecular formula is C6H11ClO3. The van der Waals surface area contributed by atoms with E-state index < -0.39 is 16.9 Å². The number of hydrogen-bond donors (Lipinski definition) is 2. The smallest absolute Gasteiger partial charge is 0.327 e. The summed E-state index contributed by atoms with van der Waals surface area (Å²) < 4.78 is 0. The summed E-state index contributed by atoms with van der Waals surface area (Å²) in [5.74, 6) is -1.17. The normalized spacial score (nSPS) is 19.6. The Kier molecular flexibility index (Phi) is 3.12. The summed E-state index contributed by atoms with van der Waals surface area (Å²) in [5.41, 5.74) is 0. The quantitative estimate of drug-likeness (QED) is 0.611. The van der Waals surface area contributed by atoms with Crippen molar-refractivity contribution < 1.29 is 15.0 Å². The average Bonchev–Trinajstić information content (AvgIpc) is 1.85. The van der Waals surface area contributed by atoms with Crippen molar-refractivity contribution >= 4 is 17.6 Å². The maximum atomic E-state index is 10.4. The third kappa shape index (κ3) is 1.61. The minimum absolute atomic E-state index is 0.210. The molecule has 0 fully saturated rings. The van der Waals surface area contributed by atoms with Gasteiger partial charge in [-0.3, -0.25) is 4.79 Å². The molecule has 2 atom stereocenters. The highest BCUT2D eigenvalue weighted by molar-refractivity contribution is 6.34. The van der Waals surface area contributed by atoms with Crippen LogP contribution in [0.5, 0.6) is 0 Å². The Morgan fingerprint density at radius 1 is 1.80 bits per heavy atom. The van der Waals surface area contributed by atoms with Crippen molar-refractivity contribution in [2.24, 2.45) is 0 Å². The molecule has 0 spiro atoms. The van der Waals surface area contributed by atoms with Gasteiger partial charge in [0, 0.05) is 0 Å². The second-order valence-electron chi connectivity index (χ2n) is 2.20. The molecule has 10 heavy (non-hydrogen) atoms. The molecule has 4 heteroatoms. The first-order valence-corrected chi connectivity index (χ1v) is 3.43. The zero-order valence-electron chi connectivity index (χ0n) is 5.97. The van der Waals surface area contributed by atoms with Gasteiger partial charge in [-0.15, -0.1) is 11.6 Å². The van der Waals surface area contributed by atoms with Crippen LogP contribution in [-0.2, 0) is 4.79 Å². The monoisotopic (exact) mass is 166 g/mol. The van der Waals surface area contributed by atoms with Crippen LogP contribution in [0.4, 0.5) is 0 Å². The molecule has 3 nitrogen and oxygen atoms in total. The molecular weight excluding hydrogens is 156 g/mol. The summed E-state index contributed by atoms with van der Waals surface area (Å²) in [6.45, 7) is 2.98. The van der Waals surface area contributed by atoms with Gasteiger partial charge in [-0.05, 0) is 13.3 Å². The summed E-state index contributed by atoms with van der Waals surface area (Å²) in [7, 11) is 0. The van der Waals surface area contributed by atoms with Crippen LogP contribution in [0.3, 0.4) is 0 Å². The Bertz CT molecular complexity index is 135. The molecule has 0 aromatic rings. The summed E-state index contributed by atoms with van der Waals surface area (Å²) in [6, 6.07) is 0. The third-order valence-corrected chi connectivity index (χ3v) is 2.28. The van der Waals surface area contributed by atoms with Crippen molar-refractivity contribution in [1.82, 2.24) is 0 Å². The van der Waals surface area contributed by atoms with Crippen molar-refractivity contribution in [3.05, 3.63) is 0 Å². The topological polar surface area (TPSA) is 57.5 Å². The molecule has 60 valence electrons. The fourth-order valence-electron chi connectivity index (χ4n) is 0.625. The van der Waals surface area contributed by atoms with E-state index in [9.17, 15) is 4.79 Å². The minimum atomic E-state index is -1.51. The molecule has 0 aromatic carbocycles. The van der Waals surface area contributed by atoms with Crippen LogP contribution in [-0.4, -0.2) is 27.2 Å². The van der Waals surface area contributed by atoms with Gasteiger partial charge < -0.3 is 10.2 Å². The fraction of sp³-hybridized carbons (Fsp3) is 0.833. The second kappa shape index (κ2) is 3.21. The lowest BCUT2D eigenvalue weighted by molar-refractivity contribution is -0.143. The number of carboxylic acids is 1. The fourth-order valence-corrected chi connectivity index (χ4v) is 0.625. The van der Waals surface area contributed by atoms with E-state index in [2.05, 4.69) is 0 Å². The molecule has 0 aliphatic heterocycles. The number of aliphatic carboxylic acids is 1. The molecule has 0 saturated carbocycles. The Morgan fingerprint density at radius 2 is 2.20 bits per heavy atom. The lowest BCUT2D eigenvalue weighted by Crippen LogP contribution is -2.42. The second-order valence-corrected chi connectivity index (χ2v) is 2.87. The van der Waals surface area contributed by atoms with Gasteiger partial charge in [0.25, 0.3) is 0 Å². The van der Waals surface area contributed by atoms with Crippen LogP contribution in [0.15, 0.2) is 0 Å². The summed E-state index contributed by atoms with van der Waals surface area (Å²) in [6.07, 6.45) is -0.821. The first-order valence-electron chi connectivity index (χ1n) is 3.05. The van der Waals surface area contributed by atoms with Gasteiger partial charge in [0.15, 0.2) is 4.87 Å². The highest BCUT2D eigenvalue weighted by atomic mass is 35.5. The minimum Gasteiger partial charge on any atom is -0.480 e. The van der Waals surface area contributed by atoms with E-state index in [-0.39, 0.29) is 6.42 Å². The number of halogens is 1. The van der Waals surface area contributed by atoms with Crippen LogP contribution in [0.1, 0.15) is 20.3 Å². The zero-order valence-corrected chi connectivity index (χ0v) is 6.72. The average molecular weight is 167 g/mol. The number of rotatable bonds is 3. The van der Waals surface area contributed by atoms with Crippen LogP contribution >= 0.6 is 11.6 Å². The van der Waals surface area contributed by atoms with E-state index in [1.165, 1.54) is 6.92 Å². The third-order valence-electron chi connectivity index (χ3n) is 1.53. The van der Waals surface area contributed by atoms with Crippen molar-refractivity contribution in [2.45, 2.75) is 31.2 Å². The zero-order chi connectivity index (χ0) is 8.36. The van der Waals surface area contributed by atoms with Gasteiger partial charge in [-0.25, -0.2) is 0 Å². The molecule has 2 N–H and O–H groups in total. The molecule has 0 heterocycles. The van der Waals surface area contributed by atoms with Crippen molar-refractivity contribution in [1.29, 1.82) is 0 Å². The van der Waals surface area contributed by atoms with Gasteiger partial charge in [-0.2, -0.15) is 0 Å². The number of carbonyl (C=O) groups is 1.